The van der Waals surface area contributed by atoms with Crippen molar-refractivity contribution in [3.63, 3.8) is 0 Å². The summed E-state index contributed by atoms with van der Waals surface area (Å²) in [6.45, 7) is 4.91. The quantitative estimate of drug-likeness (QED) is 0.906. The highest BCUT2D eigenvalue weighted by Gasteiger charge is 2.24. The van der Waals surface area contributed by atoms with E-state index in [-0.39, 0.29) is 5.91 Å². The smallest absolute Gasteiger partial charge is 0.262 e. The zero-order valence-electron chi connectivity index (χ0n) is 13.5. The standard InChI is InChI=1S/C17H26N2O2/c1-5-18-15-10-6-9-14-13(15)8-7-11-16(14)21-12(2)17(20)19(3)4/h7-8,11-12,15,18H,5-6,9-10H2,1-4H3. The largest absolute Gasteiger partial charge is 0.481 e. The van der Waals surface area contributed by atoms with Crippen molar-refractivity contribution in [1.29, 1.82) is 0 Å². The van der Waals surface area contributed by atoms with E-state index in [1.807, 2.05) is 19.1 Å². The molecule has 1 amide bonds. The summed E-state index contributed by atoms with van der Waals surface area (Å²) >= 11 is 0. The Kier molecular flexibility index (Phi) is 5.23. The number of hydrogen-bond donors (Lipinski definition) is 1. The molecular formula is C17H26N2O2. The van der Waals surface area contributed by atoms with Gasteiger partial charge in [-0.3, -0.25) is 4.79 Å². The highest BCUT2D eigenvalue weighted by molar-refractivity contribution is 5.80. The molecule has 0 spiro atoms. The summed E-state index contributed by atoms with van der Waals surface area (Å²) < 4.78 is 5.94. The average molecular weight is 290 g/mol. The minimum absolute atomic E-state index is 0.00774. The summed E-state index contributed by atoms with van der Waals surface area (Å²) in [6, 6.07) is 6.58. The SMILES string of the molecule is CCNC1CCCc2c(OC(C)C(=O)N(C)C)cccc21. The molecule has 0 fully saturated rings. The lowest BCUT2D eigenvalue weighted by atomic mass is 9.87. The van der Waals surface area contributed by atoms with Gasteiger partial charge in [0.15, 0.2) is 6.10 Å². The van der Waals surface area contributed by atoms with E-state index in [2.05, 4.69) is 18.3 Å². The molecule has 0 saturated carbocycles. The van der Waals surface area contributed by atoms with E-state index in [1.54, 1.807) is 19.0 Å². The molecule has 0 heterocycles. The Bertz CT molecular complexity index is 500. The molecule has 2 rings (SSSR count). The van der Waals surface area contributed by atoms with Crippen LogP contribution < -0.4 is 10.1 Å². The number of rotatable bonds is 5. The number of nitrogens with zero attached hydrogens (tertiary/aromatic N) is 1. The first-order valence-corrected chi connectivity index (χ1v) is 7.77. The molecule has 0 saturated heterocycles. The van der Waals surface area contributed by atoms with Gasteiger partial charge in [0.1, 0.15) is 5.75 Å². The molecule has 1 N–H and O–H groups in total. The van der Waals surface area contributed by atoms with Crippen LogP contribution in [0.5, 0.6) is 5.75 Å². The van der Waals surface area contributed by atoms with Gasteiger partial charge in [0.25, 0.3) is 5.91 Å². The Morgan fingerprint density at radius 2 is 2.24 bits per heavy atom. The Morgan fingerprint density at radius 1 is 1.48 bits per heavy atom. The van der Waals surface area contributed by atoms with Crippen molar-refractivity contribution in [2.45, 2.75) is 45.3 Å². The van der Waals surface area contributed by atoms with Crippen molar-refractivity contribution < 1.29 is 9.53 Å². The molecule has 2 atom stereocenters. The van der Waals surface area contributed by atoms with Crippen molar-refractivity contribution in [3.8, 4) is 5.75 Å². The highest BCUT2D eigenvalue weighted by Crippen LogP contribution is 2.35. The van der Waals surface area contributed by atoms with E-state index < -0.39 is 6.10 Å². The number of amides is 1. The second-order valence-corrected chi connectivity index (χ2v) is 5.82. The van der Waals surface area contributed by atoms with Crippen LogP contribution in [0, 0.1) is 0 Å². The van der Waals surface area contributed by atoms with Gasteiger partial charge in [0, 0.05) is 20.1 Å². The third-order valence-electron chi connectivity index (χ3n) is 4.01. The van der Waals surface area contributed by atoms with Crippen LogP contribution in [0.2, 0.25) is 0 Å². The molecule has 1 aliphatic carbocycles. The first-order valence-electron chi connectivity index (χ1n) is 7.77. The lowest BCUT2D eigenvalue weighted by Gasteiger charge is -2.28. The number of ether oxygens (including phenoxy) is 1. The zero-order chi connectivity index (χ0) is 15.4. The summed E-state index contributed by atoms with van der Waals surface area (Å²) in [7, 11) is 3.51. The number of hydrogen-bond acceptors (Lipinski definition) is 3. The summed E-state index contributed by atoms with van der Waals surface area (Å²) in [6.07, 6.45) is 2.89. The van der Waals surface area contributed by atoms with E-state index in [1.165, 1.54) is 11.1 Å². The number of carbonyl (C=O) groups is 1. The molecule has 1 aromatic rings. The lowest BCUT2D eigenvalue weighted by molar-refractivity contribution is -0.135. The molecule has 4 nitrogen and oxygen atoms in total. The van der Waals surface area contributed by atoms with Crippen LogP contribution >= 0.6 is 0 Å². The fourth-order valence-electron chi connectivity index (χ4n) is 2.99. The van der Waals surface area contributed by atoms with Crippen LogP contribution in [-0.4, -0.2) is 37.6 Å². The first kappa shape index (κ1) is 15.8. The van der Waals surface area contributed by atoms with Crippen LogP contribution in [0.3, 0.4) is 0 Å². The van der Waals surface area contributed by atoms with Crippen LogP contribution in [0.1, 0.15) is 43.9 Å². The first-order chi connectivity index (χ1) is 10.0. The molecule has 0 bridgehead atoms. The average Bonchev–Trinajstić information content (AvgIpc) is 2.47. The third-order valence-corrected chi connectivity index (χ3v) is 4.01. The van der Waals surface area contributed by atoms with Crippen LogP contribution in [-0.2, 0) is 11.2 Å². The predicted octanol–water partition coefficient (Wildman–Crippen LogP) is 2.53. The molecule has 2 unspecified atom stereocenters. The van der Waals surface area contributed by atoms with Crippen LogP contribution in [0.15, 0.2) is 18.2 Å². The van der Waals surface area contributed by atoms with E-state index in [9.17, 15) is 4.79 Å². The topological polar surface area (TPSA) is 41.6 Å². The van der Waals surface area contributed by atoms with E-state index >= 15 is 0 Å². The predicted molar refractivity (Wildman–Crippen MR) is 84.6 cm³/mol. The number of fused-ring (bicyclic) bond motifs is 1. The monoisotopic (exact) mass is 290 g/mol. The second-order valence-electron chi connectivity index (χ2n) is 5.82. The number of likely N-dealkylation sites (N-methyl/N-ethyl adjacent to an activating group) is 1. The highest BCUT2D eigenvalue weighted by atomic mass is 16.5. The molecule has 21 heavy (non-hydrogen) atoms. The molecular weight excluding hydrogens is 264 g/mol. The molecule has 0 aliphatic heterocycles. The molecule has 0 aromatic heterocycles. The summed E-state index contributed by atoms with van der Waals surface area (Å²) in [5.41, 5.74) is 2.58. The second kappa shape index (κ2) is 6.94. The van der Waals surface area contributed by atoms with Gasteiger partial charge in [0.2, 0.25) is 0 Å². The fourth-order valence-corrected chi connectivity index (χ4v) is 2.99. The maximum atomic E-state index is 12.0. The minimum atomic E-state index is -0.453. The molecule has 1 aromatic carbocycles. The molecule has 4 heteroatoms. The van der Waals surface area contributed by atoms with Gasteiger partial charge >= 0.3 is 0 Å². The number of benzene rings is 1. The van der Waals surface area contributed by atoms with Gasteiger partial charge in [0.05, 0.1) is 0 Å². The van der Waals surface area contributed by atoms with E-state index in [4.69, 9.17) is 4.74 Å². The van der Waals surface area contributed by atoms with E-state index in [0.717, 1.165) is 31.6 Å². The summed E-state index contributed by atoms with van der Waals surface area (Å²) in [4.78, 5) is 13.5. The normalized spacial score (nSPS) is 18.8. The third kappa shape index (κ3) is 3.56. The van der Waals surface area contributed by atoms with Crippen LogP contribution in [0.25, 0.3) is 0 Å². The fraction of sp³-hybridized carbons (Fsp3) is 0.588. The summed E-state index contributed by atoms with van der Waals surface area (Å²) in [5.74, 6) is 0.851. The van der Waals surface area contributed by atoms with Gasteiger partial charge in [-0.2, -0.15) is 0 Å². The Morgan fingerprint density at radius 3 is 2.90 bits per heavy atom. The van der Waals surface area contributed by atoms with Gasteiger partial charge < -0.3 is 15.0 Å². The maximum Gasteiger partial charge on any atom is 0.262 e. The Hall–Kier alpha value is -1.55. The molecule has 116 valence electrons. The lowest BCUT2D eigenvalue weighted by Crippen LogP contribution is -2.35. The zero-order valence-corrected chi connectivity index (χ0v) is 13.5. The van der Waals surface area contributed by atoms with Crippen molar-refractivity contribution in [3.05, 3.63) is 29.3 Å². The minimum Gasteiger partial charge on any atom is -0.481 e. The van der Waals surface area contributed by atoms with Crippen molar-refractivity contribution >= 4 is 5.91 Å². The Labute approximate surface area is 127 Å². The number of nitrogens with one attached hydrogen (secondary N) is 1. The van der Waals surface area contributed by atoms with E-state index in [0.29, 0.717) is 6.04 Å². The van der Waals surface area contributed by atoms with Crippen molar-refractivity contribution in [2.75, 3.05) is 20.6 Å². The van der Waals surface area contributed by atoms with Gasteiger partial charge in [-0.05, 0) is 49.9 Å². The van der Waals surface area contributed by atoms with Crippen molar-refractivity contribution in [2.24, 2.45) is 0 Å². The summed E-state index contributed by atoms with van der Waals surface area (Å²) in [5, 5.41) is 3.53. The van der Waals surface area contributed by atoms with Crippen LogP contribution in [0.4, 0.5) is 0 Å². The molecule has 0 radical (unpaired) electrons. The van der Waals surface area contributed by atoms with Gasteiger partial charge in [-0.1, -0.05) is 19.1 Å². The van der Waals surface area contributed by atoms with Crippen molar-refractivity contribution in [1.82, 2.24) is 10.2 Å². The van der Waals surface area contributed by atoms with Gasteiger partial charge in [-0.15, -0.1) is 0 Å². The maximum absolute atomic E-state index is 12.0. The number of carbonyl (C=O) groups excluding carboxylic acids is 1. The van der Waals surface area contributed by atoms with Gasteiger partial charge in [-0.25, -0.2) is 0 Å². The molecule has 1 aliphatic rings. The Balaban J connectivity index is 2.22.